The summed E-state index contributed by atoms with van der Waals surface area (Å²) in [6, 6.07) is 11.3. The normalized spacial score (nSPS) is 15.8. The van der Waals surface area contributed by atoms with E-state index in [-0.39, 0.29) is 18.0 Å². The Morgan fingerprint density at radius 3 is 2.44 bits per heavy atom. The molecule has 0 bridgehead atoms. The number of hydrogen-bond donors (Lipinski definition) is 0. The molecule has 7 heteroatoms. The van der Waals surface area contributed by atoms with Crippen LogP contribution in [0.15, 0.2) is 52.5 Å². The summed E-state index contributed by atoms with van der Waals surface area (Å²) in [6.45, 7) is 2.94. The fraction of sp³-hybridized carbons (Fsp3) is 0.200. The van der Waals surface area contributed by atoms with Crippen LogP contribution < -0.4 is 4.74 Å². The molecule has 0 aromatic heterocycles. The van der Waals surface area contributed by atoms with Crippen LogP contribution in [0.4, 0.5) is 4.39 Å². The Labute approximate surface area is 163 Å². The third kappa shape index (κ3) is 4.54. The highest BCUT2D eigenvalue weighted by molar-refractivity contribution is 9.10. The lowest BCUT2D eigenvalue weighted by atomic mass is 10.1. The molecule has 1 saturated heterocycles. The fourth-order valence-electron chi connectivity index (χ4n) is 2.47. The molecular formula is C20H16BrFO5. The lowest BCUT2D eigenvalue weighted by molar-refractivity contribution is -0.222. The zero-order chi connectivity index (χ0) is 19.6. The number of carbonyl (C=O) groups is 2. The van der Waals surface area contributed by atoms with Crippen molar-refractivity contribution in [1.29, 1.82) is 0 Å². The first kappa shape index (κ1) is 19.1. The molecule has 1 aliphatic rings. The Bertz CT molecular complexity index is 914. The first-order chi connectivity index (χ1) is 12.7. The third-order valence-corrected chi connectivity index (χ3v) is 4.22. The summed E-state index contributed by atoms with van der Waals surface area (Å²) >= 11 is 3.34. The van der Waals surface area contributed by atoms with Crippen molar-refractivity contribution < 1.29 is 28.2 Å². The van der Waals surface area contributed by atoms with E-state index in [0.717, 1.165) is 0 Å². The van der Waals surface area contributed by atoms with E-state index in [9.17, 15) is 14.0 Å². The molecule has 0 aliphatic carbocycles. The Morgan fingerprint density at radius 1 is 1.11 bits per heavy atom. The van der Waals surface area contributed by atoms with Gasteiger partial charge in [-0.05, 0) is 30.3 Å². The van der Waals surface area contributed by atoms with E-state index in [1.165, 1.54) is 26.0 Å². The second kappa shape index (κ2) is 7.52. The standard InChI is InChI=1S/C20H16BrFO5/c1-20(2)26-18(23)15(19(24)27-20)10-13-9-14(21)7-8-17(13)25-11-12-5-3-4-6-16(12)22/h3-10H,11H2,1-2H3. The van der Waals surface area contributed by atoms with Gasteiger partial charge in [-0.2, -0.15) is 0 Å². The van der Waals surface area contributed by atoms with Crippen molar-refractivity contribution >= 4 is 33.9 Å². The first-order valence-electron chi connectivity index (χ1n) is 8.09. The molecule has 0 spiro atoms. The number of benzene rings is 2. The lowest BCUT2D eigenvalue weighted by Gasteiger charge is -2.29. The predicted molar refractivity (Wildman–Crippen MR) is 99.1 cm³/mol. The van der Waals surface area contributed by atoms with Gasteiger partial charge in [-0.15, -0.1) is 0 Å². The van der Waals surface area contributed by atoms with E-state index in [1.807, 2.05) is 0 Å². The van der Waals surface area contributed by atoms with E-state index >= 15 is 0 Å². The lowest BCUT2D eigenvalue weighted by Crippen LogP contribution is -2.41. The Morgan fingerprint density at radius 2 is 1.78 bits per heavy atom. The van der Waals surface area contributed by atoms with Crippen LogP contribution >= 0.6 is 15.9 Å². The maximum Gasteiger partial charge on any atom is 0.348 e. The molecule has 27 heavy (non-hydrogen) atoms. The van der Waals surface area contributed by atoms with Crippen LogP contribution in [0.5, 0.6) is 5.75 Å². The van der Waals surface area contributed by atoms with Crippen LogP contribution in [0.2, 0.25) is 0 Å². The van der Waals surface area contributed by atoms with Gasteiger partial charge >= 0.3 is 11.9 Å². The van der Waals surface area contributed by atoms with Crippen molar-refractivity contribution in [2.24, 2.45) is 0 Å². The third-order valence-electron chi connectivity index (χ3n) is 3.73. The number of halogens is 2. The van der Waals surface area contributed by atoms with Crippen LogP contribution in [-0.2, 0) is 25.7 Å². The second-order valence-electron chi connectivity index (χ2n) is 6.30. The van der Waals surface area contributed by atoms with Crippen LogP contribution in [0.25, 0.3) is 6.08 Å². The maximum atomic E-state index is 13.8. The monoisotopic (exact) mass is 434 g/mol. The second-order valence-corrected chi connectivity index (χ2v) is 7.21. The SMILES string of the molecule is CC1(C)OC(=O)C(=Cc2cc(Br)ccc2OCc2ccccc2F)C(=O)O1. The molecule has 0 saturated carbocycles. The predicted octanol–water partition coefficient (Wildman–Crippen LogP) is 4.39. The Hall–Kier alpha value is -2.67. The molecule has 1 fully saturated rings. The van der Waals surface area contributed by atoms with Gasteiger partial charge in [0.05, 0.1) is 0 Å². The van der Waals surface area contributed by atoms with Gasteiger partial charge < -0.3 is 14.2 Å². The van der Waals surface area contributed by atoms with Crippen LogP contribution in [0, 0.1) is 5.82 Å². The van der Waals surface area contributed by atoms with Crippen LogP contribution in [0.3, 0.4) is 0 Å². The number of hydrogen-bond acceptors (Lipinski definition) is 5. The smallest absolute Gasteiger partial charge is 0.348 e. The molecule has 0 radical (unpaired) electrons. The van der Waals surface area contributed by atoms with Crippen molar-refractivity contribution in [1.82, 2.24) is 0 Å². The summed E-state index contributed by atoms with van der Waals surface area (Å²) in [7, 11) is 0. The van der Waals surface area contributed by atoms with Gasteiger partial charge in [0, 0.05) is 29.4 Å². The molecule has 3 rings (SSSR count). The van der Waals surface area contributed by atoms with Crippen molar-refractivity contribution in [3.63, 3.8) is 0 Å². The molecule has 140 valence electrons. The summed E-state index contributed by atoms with van der Waals surface area (Å²) < 4.78 is 30.4. The van der Waals surface area contributed by atoms with Crippen LogP contribution in [-0.4, -0.2) is 17.7 Å². The summed E-state index contributed by atoms with van der Waals surface area (Å²) in [6.07, 6.45) is 1.33. The van der Waals surface area contributed by atoms with Gasteiger partial charge in [0.15, 0.2) is 0 Å². The number of rotatable bonds is 4. The van der Waals surface area contributed by atoms with Crippen LogP contribution in [0.1, 0.15) is 25.0 Å². The molecule has 1 aliphatic heterocycles. The molecular weight excluding hydrogens is 419 g/mol. The zero-order valence-electron chi connectivity index (χ0n) is 14.6. The first-order valence-corrected chi connectivity index (χ1v) is 8.88. The van der Waals surface area contributed by atoms with E-state index in [1.54, 1.807) is 36.4 Å². The highest BCUT2D eigenvalue weighted by Crippen LogP contribution is 2.30. The van der Waals surface area contributed by atoms with E-state index in [0.29, 0.717) is 21.3 Å². The highest BCUT2D eigenvalue weighted by Gasteiger charge is 2.39. The summed E-state index contributed by atoms with van der Waals surface area (Å²) in [4.78, 5) is 24.3. The summed E-state index contributed by atoms with van der Waals surface area (Å²) in [5.41, 5.74) is 0.588. The van der Waals surface area contributed by atoms with Crippen molar-refractivity contribution in [3.05, 3.63) is 69.5 Å². The molecule has 0 atom stereocenters. The van der Waals surface area contributed by atoms with Gasteiger partial charge in [0.25, 0.3) is 5.79 Å². The molecule has 0 unspecified atom stereocenters. The average Bonchev–Trinajstić information content (AvgIpc) is 2.58. The molecule has 5 nitrogen and oxygen atoms in total. The minimum Gasteiger partial charge on any atom is -0.488 e. The van der Waals surface area contributed by atoms with Gasteiger partial charge in [-0.1, -0.05) is 34.1 Å². The summed E-state index contributed by atoms with van der Waals surface area (Å²) in [5.74, 6) is -2.88. The maximum absolute atomic E-state index is 13.8. The molecule has 2 aromatic carbocycles. The van der Waals surface area contributed by atoms with Gasteiger partial charge in [-0.3, -0.25) is 0 Å². The Kier molecular flexibility index (Phi) is 5.32. The van der Waals surface area contributed by atoms with E-state index in [2.05, 4.69) is 15.9 Å². The average molecular weight is 435 g/mol. The zero-order valence-corrected chi connectivity index (χ0v) is 16.2. The highest BCUT2D eigenvalue weighted by atomic mass is 79.9. The molecule has 0 N–H and O–H groups in total. The summed E-state index contributed by atoms with van der Waals surface area (Å²) in [5, 5.41) is 0. The number of carbonyl (C=O) groups excluding carboxylic acids is 2. The minimum absolute atomic E-state index is 0.00754. The van der Waals surface area contributed by atoms with E-state index in [4.69, 9.17) is 14.2 Å². The molecule has 1 heterocycles. The van der Waals surface area contributed by atoms with Crippen molar-refractivity contribution in [3.8, 4) is 5.75 Å². The quantitative estimate of drug-likeness (QED) is 0.405. The number of cyclic esters (lactones) is 2. The Balaban J connectivity index is 1.89. The topological polar surface area (TPSA) is 61.8 Å². The molecule has 2 aromatic rings. The van der Waals surface area contributed by atoms with E-state index < -0.39 is 17.7 Å². The molecule has 0 amide bonds. The minimum atomic E-state index is -1.31. The van der Waals surface area contributed by atoms with Gasteiger partial charge in [0.1, 0.15) is 23.7 Å². The largest absolute Gasteiger partial charge is 0.488 e. The van der Waals surface area contributed by atoms with Crippen molar-refractivity contribution in [2.75, 3.05) is 0 Å². The van der Waals surface area contributed by atoms with Crippen molar-refractivity contribution in [2.45, 2.75) is 26.2 Å². The fourth-order valence-corrected chi connectivity index (χ4v) is 2.85. The van der Waals surface area contributed by atoms with Gasteiger partial charge in [-0.25, -0.2) is 14.0 Å². The number of ether oxygens (including phenoxy) is 3. The number of esters is 2. The van der Waals surface area contributed by atoms with Gasteiger partial charge in [0.2, 0.25) is 0 Å².